The first-order valence-corrected chi connectivity index (χ1v) is 11.2. The molecule has 2 aromatic carbocycles. The largest absolute Gasteiger partial charge is 0.503 e. The maximum absolute atomic E-state index is 13.6. The van der Waals surface area contributed by atoms with Crippen LogP contribution in [-0.4, -0.2) is 30.0 Å². The molecule has 0 saturated carbocycles. The molecule has 1 unspecified atom stereocenters. The van der Waals surface area contributed by atoms with E-state index in [0.29, 0.717) is 47.1 Å². The number of hydrogen-bond acceptors (Lipinski definition) is 7. The van der Waals surface area contributed by atoms with Gasteiger partial charge in [0.05, 0.1) is 11.8 Å². The second kappa shape index (κ2) is 7.81. The highest BCUT2D eigenvalue weighted by Crippen LogP contribution is 2.44. The van der Waals surface area contributed by atoms with E-state index in [-0.39, 0.29) is 11.3 Å². The minimum atomic E-state index is -1.00. The summed E-state index contributed by atoms with van der Waals surface area (Å²) in [5, 5.41) is 11.6. The molecule has 0 fully saturated rings. The van der Waals surface area contributed by atoms with Gasteiger partial charge in [0.1, 0.15) is 30.6 Å². The third-order valence-electron chi connectivity index (χ3n) is 5.77. The van der Waals surface area contributed by atoms with Crippen LogP contribution in [0.5, 0.6) is 11.5 Å². The van der Waals surface area contributed by atoms with E-state index in [2.05, 4.69) is 15.9 Å². The summed E-state index contributed by atoms with van der Waals surface area (Å²) in [6, 6.07) is 14.2. The van der Waals surface area contributed by atoms with E-state index in [1.807, 2.05) is 6.07 Å². The summed E-state index contributed by atoms with van der Waals surface area (Å²) in [7, 11) is 0. The molecule has 9 heteroatoms. The van der Waals surface area contributed by atoms with Crippen LogP contribution < -0.4 is 14.4 Å². The number of nitrogens with zero attached hydrogens (tertiary/aromatic N) is 1. The molecule has 8 nitrogen and oxygen atoms in total. The molecule has 2 aliphatic rings. The number of rotatable bonds is 4. The van der Waals surface area contributed by atoms with Gasteiger partial charge in [-0.25, -0.2) is 0 Å². The minimum Gasteiger partial charge on any atom is -0.503 e. The SMILES string of the molecule is O=C(C1=C(O)C(=O)N(c2ccc3c(c2)OCCO3)C1c1ccco1)c1cc2cc(Br)ccc2o1. The van der Waals surface area contributed by atoms with E-state index >= 15 is 0 Å². The van der Waals surface area contributed by atoms with Crippen molar-refractivity contribution in [3.05, 3.63) is 88.2 Å². The normalized spacial score (nSPS) is 17.6. The van der Waals surface area contributed by atoms with Crippen molar-refractivity contribution in [2.45, 2.75) is 6.04 Å². The number of aliphatic hydroxyl groups is 1. The molecule has 1 amide bonds. The summed E-state index contributed by atoms with van der Waals surface area (Å²) in [5.74, 6) is -0.671. The van der Waals surface area contributed by atoms with Gasteiger partial charge in [0.15, 0.2) is 23.0 Å². The number of carbonyl (C=O) groups excluding carboxylic acids is 2. The number of aliphatic hydroxyl groups excluding tert-OH is 1. The van der Waals surface area contributed by atoms with Gasteiger partial charge in [-0.05, 0) is 48.5 Å². The van der Waals surface area contributed by atoms with Gasteiger partial charge in [-0.1, -0.05) is 15.9 Å². The van der Waals surface area contributed by atoms with Crippen molar-refractivity contribution in [1.29, 1.82) is 0 Å². The number of ketones is 1. The Morgan fingerprint density at radius 3 is 2.65 bits per heavy atom. The van der Waals surface area contributed by atoms with E-state index < -0.39 is 23.5 Å². The molecule has 0 radical (unpaired) electrons. The second-order valence-electron chi connectivity index (χ2n) is 7.81. The van der Waals surface area contributed by atoms with Crippen molar-refractivity contribution in [2.24, 2.45) is 0 Å². The van der Waals surface area contributed by atoms with Gasteiger partial charge < -0.3 is 23.4 Å². The number of furan rings is 2. The van der Waals surface area contributed by atoms with Crippen molar-refractivity contribution < 1.29 is 33.0 Å². The average molecular weight is 522 g/mol. The average Bonchev–Trinajstić information content (AvgIpc) is 3.57. The van der Waals surface area contributed by atoms with Crippen LogP contribution in [0, 0.1) is 0 Å². The number of amides is 1. The van der Waals surface area contributed by atoms with Gasteiger partial charge in [-0.2, -0.15) is 0 Å². The summed E-state index contributed by atoms with van der Waals surface area (Å²) < 4.78 is 23.4. The maximum Gasteiger partial charge on any atom is 0.294 e. The molecule has 1 N–H and O–H groups in total. The Bertz CT molecular complexity index is 1480. The van der Waals surface area contributed by atoms with Gasteiger partial charge in [-0.15, -0.1) is 0 Å². The van der Waals surface area contributed by atoms with Gasteiger partial charge in [-0.3, -0.25) is 14.5 Å². The quantitative estimate of drug-likeness (QED) is 0.361. The van der Waals surface area contributed by atoms with Crippen LogP contribution in [0.2, 0.25) is 0 Å². The smallest absolute Gasteiger partial charge is 0.294 e. The number of halogens is 1. The summed E-state index contributed by atoms with van der Waals surface area (Å²) in [5.41, 5.74) is 0.792. The van der Waals surface area contributed by atoms with Gasteiger partial charge in [0.2, 0.25) is 5.78 Å². The second-order valence-corrected chi connectivity index (χ2v) is 8.72. The number of Topliss-reactive ketones (excluding diaryl/α,β-unsaturated/α-hetero) is 1. The number of carbonyl (C=O) groups is 2. The Labute approximate surface area is 201 Å². The highest BCUT2D eigenvalue weighted by molar-refractivity contribution is 9.10. The van der Waals surface area contributed by atoms with E-state index in [1.54, 1.807) is 48.5 Å². The Hall–Kier alpha value is -3.98. The van der Waals surface area contributed by atoms with Crippen LogP contribution >= 0.6 is 15.9 Å². The zero-order valence-electron chi connectivity index (χ0n) is 17.5. The van der Waals surface area contributed by atoms with E-state index in [9.17, 15) is 14.7 Å². The predicted octanol–water partition coefficient (Wildman–Crippen LogP) is 5.34. The molecule has 0 spiro atoms. The van der Waals surface area contributed by atoms with Crippen LogP contribution in [-0.2, 0) is 4.79 Å². The van der Waals surface area contributed by atoms with Gasteiger partial charge in [0.25, 0.3) is 5.91 Å². The van der Waals surface area contributed by atoms with Crippen LogP contribution in [0.1, 0.15) is 22.4 Å². The predicted molar refractivity (Wildman–Crippen MR) is 124 cm³/mol. The Kier molecular flexibility index (Phi) is 4.73. The fraction of sp³-hybridized carbons (Fsp3) is 0.120. The number of benzene rings is 2. The lowest BCUT2D eigenvalue weighted by molar-refractivity contribution is -0.117. The molecule has 170 valence electrons. The van der Waals surface area contributed by atoms with Crippen molar-refractivity contribution in [2.75, 3.05) is 18.1 Å². The van der Waals surface area contributed by atoms with Crippen LogP contribution in [0.25, 0.3) is 11.0 Å². The third kappa shape index (κ3) is 3.19. The van der Waals surface area contributed by atoms with Gasteiger partial charge in [0, 0.05) is 21.6 Å². The number of hydrogen-bond donors (Lipinski definition) is 1. The molecule has 0 aliphatic carbocycles. The first-order chi connectivity index (χ1) is 16.5. The summed E-state index contributed by atoms with van der Waals surface area (Å²) in [4.78, 5) is 28.1. The highest BCUT2D eigenvalue weighted by Gasteiger charge is 2.47. The molecule has 4 heterocycles. The zero-order chi connectivity index (χ0) is 23.4. The monoisotopic (exact) mass is 521 g/mol. The van der Waals surface area contributed by atoms with Crippen LogP contribution in [0.4, 0.5) is 5.69 Å². The highest BCUT2D eigenvalue weighted by atomic mass is 79.9. The fourth-order valence-corrected chi connectivity index (χ4v) is 4.64. The topological polar surface area (TPSA) is 102 Å². The molecular weight excluding hydrogens is 506 g/mol. The summed E-state index contributed by atoms with van der Waals surface area (Å²) >= 11 is 3.40. The minimum absolute atomic E-state index is 0.00281. The molecule has 6 rings (SSSR count). The molecule has 2 aromatic heterocycles. The van der Waals surface area contributed by atoms with E-state index in [4.69, 9.17) is 18.3 Å². The molecule has 1 atom stereocenters. The Balaban J connectivity index is 1.46. The molecule has 34 heavy (non-hydrogen) atoms. The lowest BCUT2D eigenvalue weighted by atomic mass is 9.99. The van der Waals surface area contributed by atoms with Crippen LogP contribution in [0.15, 0.2) is 85.5 Å². The van der Waals surface area contributed by atoms with Crippen molar-refractivity contribution in [1.82, 2.24) is 0 Å². The molecule has 4 aromatic rings. The lowest BCUT2D eigenvalue weighted by Gasteiger charge is -2.26. The van der Waals surface area contributed by atoms with E-state index in [1.165, 1.54) is 11.2 Å². The third-order valence-corrected chi connectivity index (χ3v) is 6.26. The number of fused-ring (bicyclic) bond motifs is 2. The first kappa shape index (κ1) is 20.6. The molecule has 2 aliphatic heterocycles. The molecular formula is C25H16BrNO7. The molecule has 0 saturated heterocycles. The standard InChI is InChI=1S/C25H16BrNO7/c26-14-3-5-16-13(10-14)11-20(34-16)23(28)21-22(18-2-1-7-31-18)27(25(30)24(21)29)15-4-6-17-19(12-15)33-9-8-32-17/h1-7,10-12,22,29H,8-9H2. The Morgan fingerprint density at radius 2 is 1.85 bits per heavy atom. The Morgan fingerprint density at radius 1 is 1.03 bits per heavy atom. The fourth-order valence-electron chi connectivity index (χ4n) is 4.26. The number of ether oxygens (including phenoxy) is 2. The van der Waals surface area contributed by atoms with E-state index in [0.717, 1.165) is 4.47 Å². The first-order valence-electron chi connectivity index (χ1n) is 10.4. The van der Waals surface area contributed by atoms with Crippen molar-refractivity contribution in [3.63, 3.8) is 0 Å². The molecule has 0 bridgehead atoms. The van der Waals surface area contributed by atoms with Gasteiger partial charge >= 0.3 is 0 Å². The van der Waals surface area contributed by atoms with Crippen LogP contribution in [0.3, 0.4) is 0 Å². The number of anilines is 1. The summed E-state index contributed by atoms with van der Waals surface area (Å²) in [6.45, 7) is 0.806. The maximum atomic E-state index is 13.6. The van der Waals surface area contributed by atoms with Crippen molar-refractivity contribution >= 4 is 44.3 Å². The van der Waals surface area contributed by atoms with Crippen molar-refractivity contribution in [3.8, 4) is 11.5 Å². The lowest BCUT2D eigenvalue weighted by Crippen LogP contribution is -2.31. The summed E-state index contributed by atoms with van der Waals surface area (Å²) in [6.07, 6.45) is 1.44. The zero-order valence-corrected chi connectivity index (χ0v) is 19.1.